The van der Waals surface area contributed by atoms with Crippen LogP contribution in [0, 0.1) is 0 Å². The van der Waals surface area contributed by atoms with Gasteiger partial charge in [-0.2, -0.15) is 0 Å². The Morgan fingerprint density at radius 2 is 1.37 bits per heavy atom. The molecule has 11 heteroatoms. The van der Waals surface area contributed by atoms with E-state index in [1.165, 1.54) is 13.8 Å². The molecule has 0 N–H and O–H groups in total. The van der Waals surface area contributed by atoms with Crippen molar-refractivity contribution < 1.29 is 47.6 Å². The summed E-state index contributed by atoms with van der Waals surface area (Å²) in [6.45, 7) is 4.36. The molecule has 0 amide bonds. The van der Waals surface area contributed by atoms with Crippen LogP contribution in [-0.4, -0.2) is 66.2 Å². The van der Waals surface area contributed by atoms with Gasteiger partial charge >= 0.3 is 23.9 Å². The predicted molar refractivity (Wildman–Crippen MR) is 144 cm³/mol. The van der Waals surface area contributed by atoms with Crippen molar-refractivity contribution in [1.82, 2.24) is 4.98 Å². The first-order valence-electron chi connectivity index (χ1n) is 13.0. The first kappa shape index (κ1) is 29.6. The third kappa shape index (κ3) is 7.65. The van der Waals surface area contributed by atoms with Crippen LogP contribution in [0.25, 0.3) is 22.2 Å². The van der Waals surface area contributed by atoms with E-state index in [1.54, 1.807) is 0 Å². The molecule has 1 aliphatic rings. The largest absolute Gasteiger partial charge is 0.463 e. The topological polar surface area (TPSA) is 137 Å². The third-order valence-corrected chi connectivity index (χ3v) is 6.22. The Balaban J connectivity index is 1.70. The van der Waals surface area contributed by atoms with Crippen LogP contribution in [0.5, 0.6) is 0 Å². The molecule has 0 aliphatic carbocycles. The van der Waals surface area contributed by atoms with Crippen LogP contribution in [0.1, 0.15) is 33.3 Å². The minimum atomic E-state index is -1.31. The highest BCUT2D eigenvalue weighted by molar-refractivity contribution is 5.85. The molecule has 216 valence electrons. The van der Waals surface area contributed by atoms with Crippen molar-refractivity contribution >= 4 is 34.8 Å². The van der Waals surface area contributed by atoms with Gasteiger partial charge in [-0.3, -0.25) is 19.2 Å². The van der Waals surface area contributed by atoms with E-state index >= 15 is 0 Å². The highest BCUT2D eigenvalue weighted by atomic mass is 16.7. The van der Waals surface area contributed by atoms with Gasteiger partial charge in [0.1, 0.15) is 12.7 Å². The summed E-state index contributed by atoms with van der Waals surface area (Å²) in [5.41, 5.74) is 3.15. The van der Waals surface area contributed by atoms with Crippen molar-refractivity contribution in [2.75, 3.05) is 6.61 Å². The van der Waals surface area contributed by atoms with E-state index in [9.17, 15) is 19.2 Å². The Hall–Kier alpha value is -4.35. The molecule has 4 rings (SSSR count). The van der Waals surface area contributed by atoms with Crippen LogP contribution in [-0.2, 0) is 54.2 Å². The van der Waals surface area contributed by atoms with E-state index in [1.807, 2.05) is 60.7 Å². The highest BCUT2D eigenvalue weighted by Gasteiger charge is 2.52. The number of rotatable bonds is 9. The van der Waals surface area contributed by atoms with Crippen LogP contribution in [0.15, 0.2) is 60.7 Å². The lowest BCUT2D eigenvalue weighted by atomic mass is 9.98. The zero-order valence-electron chi connectivity index (χ0n) is 23.1. The lowest BCUT2D eigenvalue weighted by Crippen LogP contribution is -2.62. The maximum absolute atomic E-state index is 12.1. The summed E-state index contributed by atoms with van der Waals surface area (Å²) in [6, 6.07) is 19.1. The summed E-state index contributed by atoms with van der Waals surface area (Å²) in [6.07, 6.45) is -6.27. The van der Waals surface area contributed by atoms with Gasteiger partial charge in [0.25, 0.3) is 0 Å². The standard InChI is InChI=1S/C30H31NO10/c1-17(32)36-16-26-27(38-18(2)33)28(39-19(3)34)29(40-20(4)35)30(41-26)37-15-22-14-25(21-10-6-5-7-11-21)31-24-13-9-8-12-23(22)24/h5-14,26-30H,15-16H2,1-4H3/t26-,27+,28+,29-,30-/m1/s1. The zero-order valence-corrected chi connectivity index (χ0v) is 23.1. The molecule has 1 fully saturated rings. The fourth-order valence-corrected chi connectivity index (χ4v) is 4.62. The number of hydrogen-bond acceptors (Lipinski definition) is 11. The van der Waals surface area contributed by atoms with Gasteiger partial charge in [0, 0.05) is 38.6 Å². The van der Waals surface area contributed by atoms with Crippen molar-refractivity contribution in [2.45, 2.75) is 65.0 Å². The second-order valence-corrected chi connectivity index (χ2v) is 9.43. The molecule has 1 aromatic heterocycles. The molecule has 1 aliphatic heterocycles. The van der Waals surface area contributed by atoms with E-state index < -0.39 is 54.6 Å². The Labute approximate surface area is 236 Å². The van der Waals surface area contributed by atoms with Crippen molar-refractivity contribution in [3.63, 3.8) is 0 Å². The lowest BCUT2D eigenvalue weighted by molar-refractivity contribution is -0.310. The summed E-state index contributed by atoms with van der Waals surface area (Å²) < 4.78 is 33.8. The van der Waals surface area contributed by atoms with Crippen LogP contribution in [0.4, 0.5) is 0 Å². The number of carbonyl (C=O) groups is 4. The van der Waals surface area contributed by atoms with Crippen molar-refractivity contribution in [1.29, 1.82) is 0 Å². The molecule has 0 spiro atoms. The third-order valence-electron chi connectivity index (χ3n) is 6.22. The summed E-state index contributed by atoms with van der Waals surface area (Å²) >= 11 is 0. The van der Waals surface area contributed by atoms with Gasteiger partial charge in [-0.15, -0.1) is 0 Å². The molecule has 0 saturated carbocycles. The molecule has 2 aromatic carbocycles. The molecule has 41 heavy (non-hydrogen) atoms. The number of hydrogen-bond donors (Lipinski definition) is 0. The zero-order chi connectivity index (χ0) is 29.5. The number of ether oxygens (including phenoxy) is 6. The number of fused-ring (bicyclic) bond motifs is 1. The molecular weight excluding hydrogens is 534 g/mol. The first-order chi connectivity index (χ1) is 19.6. The van der Waals surface area contributed by atoms with Gasteiger partial charge in [0.2, 0.25) is 0 Å². The van der Waals surface area contributed by atoms with E-state index in [0.717, 1.165) is 41.6 Å². The van der Waals surface area contributed by atoms with Crippen LogP contribution in [0.2, 0.25) is 0 Å². The van der Waals surface area contributed by atoms with Gasteiger partial charge in [0.15, 0.2) is 24.6 Å². The number of para-hydroxylation sites is 1. The van der Waals surface area contributed by atoms with Crippen molar-refractivity contribution in [3.05, 3.63) is 66.2 Å². The van der Waals surface area contributed by atoms with E-state index in [-0.39, 0.29) is 13.2 Å². The SMILES string of the molecule is CC(=O)OC[C@H]1O[C@@H](OCc2cc(-c3ccccc3)nc3ccccc23)[C@H](OC(C)=O)[C@@H](OC(C)=O)[C@H]1OC(C)=O. The van der Waals surface area contributed by atoms with E-state index in [2.05, 4.69) is 0 Å². The number of nitrogens with zero attached hydrogens (tertiary/aromatic N) is 1. The normalized spacial score (nSPS) is 22.0. The van der Waals surface area contributed by atoms with Gasteiger partial charge in [0.05, 0.1) is 17.8 Å². The summed E-state index contributed by atoms with van der Waals surface area (Å²) in [7, 11) is 0. The smallest absolute Gasteiger partial charge is 0.303 e. The molecule has 0 bridgehead atoms. The Morgan fingerprint density at radius 3 is 2.02 bits per heavy atom. The van der Waals surface area contributed by atoms with Crippen LogP contribution in [0.3, 0.4) is 0 Å². The summed E-state index contributed by atoms with van der Waals surface area (Å²) in [5.74, 6) is -2.73. The quantitative estimate of drug-likeness (QED) is 0.278. The molecule has 1 saturated heterocycles. The van der Waals surface area contributed by atoms with E-state index in [0.29, 0.717) is 0 Å². The molecule has 11 nitrogen and oxygen atoms in total. The minimum Gasteiger partial charge on any atom is -0.463 e. The summed E-state index contributed by atoms with van der Waals surface area (Å²) in [4.78, 5) is 52.5. The number of esters is 4. The van der Waals surface area contributed by atoms with E-state index in [4.69, 9.17) is 33.4 Å². The monoisotopic (exact) mass is 565 g/mol. The number of aromatic nitrogens is 1. The molecule has 2 heterocycles. The van der Waals surface area contributed by atoms with Gasteiger partial charge in [-0.1, -0.05) is 48.5 Å². The second kappa shape index (κ2) is 13.3. The van der Waals surface area contributed by atoms with Crippen LogP contribution < -0.4 is 0 Å². The molecule has 5 atom stereocenters. The lowest BCUT2D eigenvalue weighted by Gasteiger charge is -2.44. The molecule has 0 unspecified atom stereocenters. The van der Waals surface area contributed by atoms with Crippen molar-refractivity contribution in [3.8, 4) is 11.3 Å². The number of benzene rings is 2. The van der Waals surface area contributed by atoms with Crippen LogP contribution >= 0.6 is 0 Å². The maximum Gasteiger partial charge on any atom is 0.303 e. The Morgan fingerprint density at radius 1 is 0.756 bits per heavy atom. The Kier molecular flexibility index (Phi) is 9.64. The fraction of sp³-hybridized carbons (Fsp3) is 0.367. The first-order valence-corrected chi connectivity index (χ1v) is 13.0. The average molecular weight is 566 g/mol. The van der Waals surface area contributed by atoms with Gasteiger partial charge in [-0.25, -0.2) is 4.98 Å². The second-order valence-electron chi connectivity index (χ2n) is 9.43. The summed E-state index contributed by atoms with van der Waals surface area (Å²) in [5, 5.41) is 0.831. The Bertz CT molecular complexity index is 1410. The maximum atomic E-state index is 12.1. The van der Waals surface area contributed by atoms with Gasteiger partial charge in [-0.05, 0) is 17.7 Å². The molecule has 3 aromatic rings. The van der Waals surface area contributed by atoms with Crippen molar-refractivity contribution in [2.24, 2.45) is 0 Å². The van der Waals surface area contributed by atoms with Gasteiger partial charge < -0.3 is 28.4 Å². The fourth-order valence-electron chi connectivity index (χ4n) is 4.62. The number of carbonyl (C=O) groups excluding carboxylic acids is 4. The molecular formula is C30H31NO10. The number of pyridine rings is 1. The highest BCUT2D eigenvalue weighted by Crippen LogP contribution is 2.32. The average Bonchev–Trinajstić information content (AvgIpc) is 2.93. The predicted octanol–water partition coefficient (Wildman–Crippen LogP) is 3.50. The minimum absolute atomic E-state index is 0.0173. The molecule has 0 radical (unpaired) electrons.